The predicted molar refractivity (Wildman–Crippen MR) is 182 cm³/mol. The molecule has 51 heavy (non-hydrogen) atoms. The van der Waals surface area contributed by atoms with Crippen molar-refractivity contribution < 1.29 is 42.9 Å². The molecule has 1 heterocycles. The lowest BCUT2D eigenvalue weighted by molar-refractivity contribution is -0.317. The molecule has 0 aromatic heterocycles. The molecule has 280 valence electrons. The summed E-state index contributed by atoms with van der Waals surface area (Å²) in [5.41, 5.74) is -1.54. The van der Waals surface area contributed by atoms with Gasteiger partial charge in [-0.15, -0.1) is 0 Å². The van der Waals surface area contributed by atoms with Gasteiger partial charge in [-0.1, -0.05) is 0 Å². The van der Waals surface area contributed by atoms with E-state index in [1.807, 2.05) is 20.8 Å². The molecule has 9 heteroatoms. The van der Waals surface area contributed by atoms with E-state index in [0.29, 0.717) is 54.8 Å². The highest BCUT2D eigenvalue weighted by molar-refractivity contribution is 5.89. The number of hydrogen-bond acceptors (Lipinski definition) is 9. The van der Waals surface area contributed by atoms with Crippen LogP contribution in [0.5, 0.6) is 0 Å². The van der Waals surface area contributed by atoms with Crippen molar-refractivity contribution in [1.82, 2.24) is 0 Å². The number of rotatable bonds is 8. The van der Waals surface area contributed by atoms with Gasteiger partial charge < -0.3 is 23.7 Å². The molecule has 12 saturated carbocycles. The Labute approximate surface area is 302 Å². The Balaban J connectivity index is 0.869. The van der Waals surface area contributed by atoms with Crippen LogP contribution in [0.15, 0.2) is 0 Å². The van der Waals surface area contributed by atoms with E-state index in [-0.39, 0.29) is 65.6 Å². The highest BCUT2D eigenvalue weighted by Crippen LogP contribution is 2.67. The minimum Gasteiger partial charge on any atom is -0.465 e. The second kappa shape index (κ2) is 11.3. The molecule has 9 nitrogen and oxygen atoms in total. The smallest absolute Gasteiger partial charge is 0.312 e. The van der Waals surface area contributed by atoms with Gasteiger partial charge in [-0.25, -0.2) is 0 Å². The number of hydrogen-bond donors (Lipinski definition) is 0. The Bertz CT molecular complexity index is 1440. The van der Waals surface area contributed by atoms with Crippen LogP contribution in [0.1, 0.15) is 124 Å². The first-order valence-corrected chi connectivity index (χ1v) is 20.7. The molecule has 1 saturated heterocycles. The van der Waals surface area contributed by atoms with Crippen LogP contribution in [0.4, 0.5) is 0 Å². The van der Waals surface area contributed by atoms with Gasteiger partial charge >= 0.3 is 17.9 Å². The predicted octanol–water partition coefficient (Wildman–Crippen LogP) is 6.58. The lowest BCUT2D eigenvalue weighted by atomic mass is 9.47. The maximum absolute atomic E-state index is 14.0. The molecule has 0 N–H and O–H groups in total. The van der Waals surface area contributed by atoms with Gasteiger partial charge in [-0.3, -0.25) is 19.2 Å². The topological polar surface area (TPSA) is 114 Å². The monoisotopic (exact) mass is 706 g/mol. The minimum absolute atomic E-state index is 0.00193. The van der Waals surface area contributed by atoms with Crippen molar-refractivity contribution in [2.45, 2.75) is 141 Å². The third-order valence-electron chi connectivity index (χ3n) is 16.3. The van der Waals surface area contributed by atoms with Crippen molar-refractivity contribution >= 4 is 23.7 Å². The molecule has 1 spiro atoms. The summed E-state index contributed by atoms with van der Waals surface area (Å²) >= 11 is 0. The molecule has 1 aliphatic heterocycles. The molecule has 12 bridgehead atoms. The van der Waals surface area contributed by atoms with Crippen molar-refractivity contribution in [3.8, 4) is 0 Å². The first-order valence-electron chi connectivity index (χ1n) is 20.7. The largest absolute Gasteiger partial charge is 0.465 e. The van der Waals surface area contributed by atoms with Gasteiger partial charge in [-0.2, -0.15) is 0 Å². The zero-order chi connectivity index (χ0) is 35.1. The van der Waals surface area contributed by atoms with Crippen LogP contribution in [-0.4, -0.2) is 61.5 Å². The van der Waals surface area contributed by atoms with Gasteiger partial charge in [-0.05, 0) is 153 Å². The van der Waals surface area contributed by atoms with Crippen LogP contribution in [0.3, 0.4) is 0 Å². The summed E-state index contributed by atoms with van der Waals surface area (Å²) in [6.45, 7) is 6.30. The summed E-state index contributed by atoms with van der Waals surface area (Å²) in [5, 5.41) is 0. The number of carbonyl (C=O) groups is 4. The van der Waals surface area contributed by atoms with Crippen molar-refractivity contribution in [2.24, 2.45) is 74.9 Å². The summed E-state index contributed by atoms with van der Waals surface area (Å²) in [4.78, 5) is 53.6. The molecule has 13 fully saturated rings. The Morgan fingerprint density at radius 3 is 1.55 bits per heavy atom. The lowest BCUT2D eigenvalue weighted by Crippen LogP contribution is -2.63. The SMILES string of the molecule is CC(C)(C)C(=O)OCC12CC3CC(C1)C1(OC(COC(=O)C45CC6CC(CC(C6)C4)C5)C(COC(=O)C45CC6CC(C4)C(=O)C(C6)C5)O1)C(C3)C2. The van der Waals surface area contributed by atoms with Gasteiger partial charge in [0.25, 0.3) is 0 Å². The van der Waals surface area contributed by atoms with Gasteiger partial charge in [0.15, 0.2) is 5.79 Å². The van der Waals surface area contributed by atoms with Crippen LogP contribution in [-0.2, 0) is 42.9 Å². The molecule has 6 unspecified atom stereocenters. The Morgan fingerprint density at radius 1 is 0.608 bits per heavy atom. The van der Waals surface area contributed by atoms with Crippen LogP contribution in [0.25, 0.3) is 0 Å². The number of ether oxygens (including phenoxy) is 5. The summed E-state index contributed by atoms with van der Waals surface area (Å²) in [6, 6.07) is 0. The molecule has 0 aromatic carbocycles. The quantitative estimate of drug-likeness (QED) is 0.204. The number of ketones is 1. The fourth-order valence-corrected chi connectivity index (χ4v) is 15.0. The molecule has 13 rings (SSSR count). The fraction of sp³-hybridized carbons (Fsp3) is 0.905. The van der Waals surface area contributed by atoms with E-state index in [1.54, 1.807) is 0 Å². The van der Waals surface area contributed by atoms with Gasteiger partial charge in [0.05, 0.1) is 22.9 Å². The summed E-state index contributed by atoms with van der Waals surface area (Å²) in [7, 11) is 0. The third kappa shape index (κ3) is 5.26. The molecular formula is C42H58O9. The average Bonchev–Trinajstić information content (AvgIpc) is 3.43. The molecule has 13 aliphatic rings. The van der Waals surface area contributed by atoms with Crippen molar-refractivity contribution in [1.29, 1.82) is 0 Å². The van der Waals surface area contributed by atoms with Crippen molar-refractivity contribution in [3.05, 3.63) is 0 Å². The number of Topliss-reactive ketones (excluding diaryl/α,β-unsaturated/α-hetero) is 1. The molecule has 6 atom stereocenters. The first kappa shape index (κ1) is 33.6. The van der Waals surface area contributed by atoms with Crippen molar-refractivity contribution in [3.63, 3.8) is 0 Å². The maximum Gasteiger partial charge on any atom is 0.312 e. The second-order valence-corrected chi connectivity index (χ2v) is 21.1. The first-order chi connectivity index (χ1) is 24.2. The summed E-state index contributed by atoms with van der Waals surface area (Å²) < 4.78 is 32.6. The zero-order valence-electron chi connectivity index (χ0n) is 31.0. The zero-order valence-corrected chi connectivity index (χ0v) is 31.0. The van der Waals surface area contributed by atoms with E-state index in [2.05, 4.69) is 0 Å². The van der Waals surface area contributed by atoms with E-state index < -0.39 is 28.8 Å². The lowest BCUT2D eigenvalue weighted by Gasteiger charge is -2.62. The van der Waals surface area contributed by atoms with Crippen LogP contribution >= 0.6 is 0 Å². The standard InChI is InChI=1S/C42H58O9/c1-38(2,3)35(44)49-22-39-11-27-9-30(18-39)42(31(10-27)19-39)50-32(20-47-36(45)40-12-23-4-24(13-40)6-25(5-23)14-40)33(51-42)21-48-37(46)41-15-26-7-28(16-41)34(43)29(8-26)17-41/h23-33H,4-22H2,1-3H3. The molecule has 0 aromatic rings. The minimum atomic E-state index is -0.823. The number of esters is 3. The normalized spacial score (nSPS) is 51.0. The number of carbonyl (C=O) groups excluding carboxylic acids is 4. The highest BCUT2D eigenvalue weighted by Gasteiger charge is 2.68. The van der Waals surface area contributed by atoms with Gasteiger partial charge in [0, 0.05) is 29.1 Å². The van der Waals surface area contributed by atoms with E-state index in [9.17, 15) is 19.2 Å². The van der Waals surface area contributed by atoms with Gasteiger partial charge in [0.1, 0.15) is 31.2 Å². The van der Waals surface area contributed by atoms with Crippen LogP contribution < -0.4 is 0 Å². The summed E-state index contributed by atoms with van der Waals surface area (Å²) in [5.74, 6) is 2.30. The average molecular weight is 707 g/mol. The van der Waals surface area contributed by atoms with Gasteiger partial charge in [0.2, 0.25) is 0 Å². The molecule has 12 aliphatic carbocycles. The van der Waals surface area contributed by atoms with E-state index in [0.717, 1.165) is 70.6 Å². The van der Waals surface area contributed by atoms with E-state index in [4.69, 9.17) is 23.7 Å². The summed E-state index contributed by atoms with van der Waals surface area (Å²) in [6.07, 6.45) is 14.3. The Kier molecular flexibility index (Phi) is 7.42. The molecule has 0 radical (unpaired) electrons. The van der Waals surface area contributed by atoms with E-state index in [1.165, 1.54) is 19.3 Å². The van der Waals surface area contributed by atoms with Crippen LogP contribution in [0, 0.1) is 74.9 Å². The highest BCUT2D eigenvalue weighted by atomic mass is 16.8. The van der Waals surface area contributed by atoms with Crippen LogP contribution in [0.2, 0.25) is 0 Å². The maximum atomic E-state index is 14.0. The second-order valence-electron chi connectivity index (χ2n) is 21.1. The van der Waals surface area contributed by atoms with Crippen molar-refractivity contribution in [2.75, 3.05) is 19.8 Å². The fourth-order valence-electron chi connectivity index (χ4n) is 15.0. The molecule has 0 amide bonds. The van der Waals surface area contributed by atoms with E-state index >= 15 is 0 Å². The Hall–Kier alpha value is -2.00. The molecular weight excluding hydrogens is 648 g/mol. The Morgan fingerprint density at radius 2 is 1.06 bits per heavy atom. The third-order valence-corrected chi connectivity index (χ3v) is 16.3.